The van der Waals surface area contributed by atoms with Gasteiger partial charge in [-0.05, 0) is 36.2 Å². The molecule has 6 nitrogen and oxygen atoms in total. The second-order valence-corrected chi connectivity index (χ2v) is 6.06. The molecule has 3 rings (SSSR count). The van der Waals surface area contributed by atoms with E-state index < -0.39 is 0 Å². The fourth-order valence-electron chi connectivity index (χ4n) is 2.79. The molecule has 0 radical (unpaired) electrons. The van der Waals surface area contributed by atoms with Crippen LogP contribution in [0, 0.1) is 0 Å². The second-order valence-electron chi connectivity index (χ2n) is 6.06. The van der Waals surface area contributed by atoms with Gasteiger partial charge >= 0.3 is 0 Å². The summed E-state index contributed by atoms with van der Waals surface area (Å²) in [5, 5.41) is 2.82. The molecule has 2 aromatic carbocycles. The molecule has 26 heavy (non-hydrogen) atoms. The minimum absolute atomic E-state index is 0.0925. The lowest BCUT2D eigenvalue weighted by Gasteiger charge is -2.21. The van der Waals surface area contributed by atoms with Gasteiger partial charge in [0.2, 0.25) is 18.6 Å². The number of carbonyl (C=O) groups is 2. The predicted octanol–water partition coefficient (Wildman–Crippen LogP) is 3.36. The monoisotopic (exact) mass is 354 g/mol. The predicted molar refractivity (Wildman–Crippen MR) is 99.7 cm³/mol. The number of nitrogens with one attached hydrogen (secondary N) is 1. The van der Waals surface area contributed by atoms with Crippen molar-refractivity contribution < 1.29 is 19.1 Å². The highest BCUT2D eigenvalue weighted by Gasteiger charge is 2.16. The Morgan fingerprint density at radius 1 is 1.08 bits per heavy atom. The lowest BCUT2D eigenvalue weighted by Crippen LogP contribution is -2.31. The van der Waals surface area contributed by atoms with Gasteiger partial charge in [0.1, 0.15) is 0 Å². The maximum atomic E-state index is 12.3. The van der Waals surface area contributed by atoms with E-state index in [1.165, 1.54) is 12.5 Å². The molecule has 1 aliphatic rings. The number of fused-ring (bicyclic) bond motifs is 1. The van der Waals surface area contributed by atoms with Crippen LogP contribution in [0.5, 0.6) is 11.5 Å². The number of benzene rings is 2. The summed E-state index contributed by atoms with van der Waals surface area (Å²) in [6.07, 6.45) is 1.14. The first-order valence-corrected chi connectivity index (χ1v) is 8.63. The molecule has 0 atom stereocenters. The minimum Gasteiger partial charge on any atom is -0.454 e. The molecule has 0 aromatic heterocycles. The van der Waals surface area contributed by atoms with Crippen LogP contribution in [0.2, 0.25) is 0 Å². The SMILES string of the molecule is CCc1ccc(N(CCC(=O)Nc2ccc3c(c2)OCO3)C(C)=O)cc1. The molecule has 1 heterocycles. The molecule has 0 spiro atoms. The van der Waals surface area contributed by atoms with Crippen molar-refractivity contribution in [1.82, 2.24) is 0 Å². The van der Waals surface area contributed by atoms with Crippen LogP contribution in [0.4, 0.5) is 11.4 Å². The maximum absolute atomic E-state index is 12.3. The molecule has 2 aromatic rings. The standard InChI is InChI=1S/C20H22N2O4/c1-3-15-4-7-17(8-5-15)22(14(2)23)11-10-20(24)21-16-6-9-18-19(12-16)26-13-25-18/h4-9,12H,3,10-11,13H2,1-2H3,(H,21,24). The number of hydrogen-bond acceptors (Lipinski definition) is 4. The minimum atomic E-state index is -0.166. The number of hydrogen-bond donors (Lipinski definition) is 1. The van der Waals surface area contributed by atoms with Crippen LogP contribution < -0.4 is 19.7 Å². The molecule has 1 aliphatic heterocycles. The Morgan fingerprint density at radius 2 is 1.81 bits per heavy atom. The first-order chi connectivity index (χ1) is 12.6. The quantitative estimate of drug-likeness (QED) is 0.864. The van der Waals surface area contributed by atoms with Gasteiger partial charge in [0.05, 0.1) is 0 Å². The summed E-state index contributed by atoms with van der Waals surface area (Å²) < 4.78 is 10.6. The summed E-state index contributed by atoms with van der Waals surface area (Å²) in [6, 6.07) is 13.1. The van der Waals surface area contributed by atoms with Gasteiger partial charge in [-0.2, -0.15) is 0 Å². The van der Waals surface area contributed by atoms with Crippen molar-refractivity contribution in [3.05, 3.63) is 48.0 Å². The zero-order chi connectivity index (χ0) is 18.5. The van der Waals surface area contributed by atoms with Crippen LogP contribution >= 0.6 is 0 Å². The van der Waals surface area contributed by atoms with Gasteiger partial charge in [-0.3, -0.25) is 9.59 Å². The van der Waals surface area contributed by atoms with Gasteiger partial charge in [-0.25, -0.2) is 0 Å². The van der Waals surface area contributed by atoms with Crippen LogP contribution in [0.15, 0.2) is 42.5 Å². The van der Waals surface area contributed by atoms with E-state index in [2.05, 4.69) is 12.2 Å². The molecular weight excluding hydrogens is 332 g/mol. The zero-order valence-corrected chi connectivity index (χ0v) is 15.0. The van der Waals surface area contributed by atoms with Gasteiger partial charge in [-0.15, -0.1) is 0 Å². The normalized spacial score (nSPS) is 11.9. The average Bonchev–Trinajstić information content (AvgIpc) is 3.10. The van der Waals surface area contributed by atoms with E-state index in [0.717, 1.165) is 12.1 Å². The van der Waals surface area contributed by atoms with Crippen LogP contribution in [0.25, 0.3) is 0 Å². The van der Waals surface area contributed by atoms with Gasteiger partial charge in [0, 0.05) is 37.3 Å². The summed E-state index contributed by atoms with van der Waals surface area (Å²) in [4.78, 5) is 25.8. The Kier molecular flexibility index (Phi) is 5.41. The van der Waals surface area contributed by atoms with Crippen molar-refractivity contribution in [2.75, 3.05) is 23.6 Å². The lowest BCUT2D eigenvalue weighted by atomic mass is 10.1. The first kappa shape index (κ1) is 17.8. The summed E-state index contributed by atoms with van der Waals surface area (Å²) in [5.41, 5.74) is 2.64. The van der Waals surface area contributed by atoms with Crippen molar-refractivity contribution in [3.8, 4) is 11.5 Å². The fourth-order valence-corrected chi connectivity index (χ4v) is 2.79. The van der Waals surface area contributed by atoms with Gasteiger partial charge in [-0.1, -0.05) is 19.1 Å². The second kappa shape index (κ2) is 7.91. The molecule has 2 amide bonds. The number of anilines is 2. The molecule has 6 heteroatoms. The molecular formula is C20H22N2O4. The van der Waals surface area contributed by atoms with Gasteiger partial charge in [0.15, 0.2) is 11.5 Å². The van der Waals surface area contributed by atoms with E-state index in [0.29, 0.717) is 23.7 Å². The Morgan fingerprint density at radius 3 is 2.50 bits per heavy atom. The highest BCUT2D eigenvalue weighted by molar-refractivity contribution is 5.95. The highest BCUT2D eigenvalue weighted by Crippen LogP contribution is 2.34. The van der Waals surface area contributed by atoms with E-state index in [4.69, 9.17) is 9.47 Å². The van der Waals surface area contributed by atoms with E-state index in [-0.39, 0.29) is 25.0 Å². The molecule has 0 aliphatic carbocycles. The van der Waals surface area contributed by atoms with Crippen LogP contribution in [0.3, 0.4) is 0 Å². The molecule has 0 saturated heterocycles. The topological polar surface area (TPSA) is 67.9 Å². The molecule has 0 bridgehead atoms. The van der Waals surface area contributed by atoms with Crippen LogP contribution in [-0.4, -0.2) is 25.2 Å². The van der Waals surface area contributed by atoms with Crippen molar-refractivity contribution in [2.45, 2.75) is 26.7 Å². The number of amides is 2. The third kappa shape index (κ3) is 4.14. The number of nitrogens with zero attached hydrogens (tertiary/aromatic N) is 1. The van der Waals surface area contributed by atoms with E-state index in [1.54, 1.807) is 23.1 Å². The molecule has 0 unspecified atom stereocenters. The van der Waals surface area contributed by atoms with E-state index >= 15 is 0 Å². The Hall–Kier alpha value is -3.02. The number of carbonyl (C=O) groups excluding carboxylic acids is 2. The Bertz CT molecular complexity index is 802. The molecule has 1 N–H and O–H groups in total. The third-order valence-electron chi connectivity index (χ3n) is 4.26. The fraction of sp³-hybridized carbons (Fsp3) is 0.300. The van der Waals surface area contributed by atoms with E-state index in [9.17, 15) is 9.59 Å². The number of aryl methyl sites for hydroxylation is 1. The maximum Gasteiger partial charge on any atom is 0.231 e. The summed E-state index contributed by atoms with van der Waals surface area (Å²) in [7, 11) is 0. The van der Waals surface area contributed by atoms with Crippen LogP contribution in [-0.2, 0) is 16.0 Å². The summed E-state index contributed by atoms with van der Waals surface area (Å²) >= 11 is 0. The molecule has 0 fully saturated rings. The van der Waals surface area contributed by atoms with Crippen molar-refractivity contribution in [3.63, 3.8) is 0 Å². The Labute approximate surface area is 152 Å². The van der Waals surface area contributed by atoms with Crippen molar-refractivity contribution in [2.24, 2.45) is 0 Å². The van der Waals surface area contributed by atoms with Gasteiger partial charge < -0.3 is 19.7 Å². The molecule has 136 valence electrons. The first-order valence-electron chi connectivity index (χ1n) is 8.63. The van der Waals surface area contributed by atoms with Crippen molar-refractivity contribution >= 4 is 23.2 Å². The van der Waals surface area contributed by atoms with Gasteiger partial charge in [0.25, 0.3) is 0 Å². The number of rotatable bonds is 6. The van der Waals surface area contributed by atoms with Crippen LogP contribution in [0.1, 0.15) is 25.8 Å². The molecule has 0 saturated carbocycles. The average molecular weight is 354 g/mol. The lowest BCUT2D eigenvalue weighted by molar-refractivity contribution is -0.117. The summed E-state index contributed by atoms with van der Waals surface area (Å²) in [5.74, 6) is 1.02. The summed E-state index contributed by atoms with van der Waals surface area (Å²) in [6.45, 7) is 4.09. The zero-order valence-electron chi connectivity index (χ0n) is 15.0. The number of ether oxygens (including phenoxy) is 2. The largest absolute Gasteiger partial charge is 0.454 e. The smallest absolute Gasteiger partial charge is 0.231 e. The Balaban J connectivity index is 1.59. The van der Waals surface area contributed by atoms with Crippen molar-refractivity contribution in [1.29, 1.82) is 0 Å². The van der Waals surface area contributed by atoms with E-state index in [1.807, 2.05) is 24.3 Å². The third-order valence-corrected chi connectivity index (χ3v) is 4.26. The highest BCUT2D eigenvalue weighted by atomic mass is 16.7.